The molecule has 1 amide bonds. The number of amides is 1. The Balaban J connectivity index is 1.46. The van der Waals surface area contributed by atoms with Crippen LogP contribution in [0.25, 0.3) is 10.6 Å². The summed E-state index contributed by atoms with van der Waals surface area (Å²) in [5.74, 6) is 1.03. The minimum absolute atomic E-state index is 0.0431. The van der Waals surface area contributed by atoms with Gasteiger partial charge in [0.1, 0.15) is 4.88 Å². The summed E-state index contributed by atoms with van der Waals surface area (Å²) in [6.07, 6.45) is 6.02. The number of rotatable bonds is 5. The fourth-order valence-electron chi connectivity index (χ4n) is 3.55. The number of hydrogen-bond donors (Lipinski definition) is 0. The first-order valence-electron chi connectivity index (χ1n) is 9.14. The molecule has 0 spiro atoms. The zero-order valence-corrected chi connectivity index (χ0v) is 16.2. The monoisotopic (exact) mass is 386 g/mol. The minimum atomic E-state index is 0.0431. The molecule has 4 rings (SSSR count). The van der Waals surface area contributed by atoms with Crippen LogP contribution >= 0.6 is 11.5 Å². The lowest BCUT2D eigenvalue weighted by Crippen LogP contribution is -2.40. The van der Waals surface area contributed by atoms with Crippen molar-refractivity contribution in [3.05, 3.63) is 35.9 Å². The second-order valence-corrected chi connectivity index (χ2v) is 7.79. The Bertz CT molecular complexity index is 903. The maximum absolute atomic E-state index is 12.8. The van der Waals surface area contributed by atoms with Crippen LogP contribution in [0.15, 0.2) is 29.0 Å². The van der Waals surface area contributed by atoms with Crippen LogP contribution in [0.2, 0.25) is 0 Å². The average Bonchev–Trinajstić information content (AvgIpc) is 3.42. The van der Waals surface area contributed by atoms with Crippen LogP contribution in [0, 0.1) is 6.92 Å². The second kappa shape index (κ2) is 7.59. The molecule has 3 aromatic rings. The molecule has 0 unspecified atom stereocenters. The lowest BCUT2D eigenvalue weighted by Gasteiger charge is -2.33. The van der Waals surface area contributed by atoms with Crippen molar-refractivity contribution in [3.8, 4) is 10.6 Å². The van der Waals surface area contributed by atoms with Gasteiger partial charge in [0.15, 0.2) is 5.76 Å². The predicted octanol–water partition coefficient (Wildman–Crippen LogP) is 3.06. The number of aromatic nitrogens is 5. The van der Waals surface area contributed by atoms with Gasteiger partial charge in [-0.15, -0.1) is 5.10 Å². The molecule has 1 fully saturated rings. The summed E-state index contributed by atoms with van der Waals surface area (Å²) in [5, 5.41) is 12.5. The molecule has 0 aliphatic carbocycles. The lowest BCUT2D eigenvalue weighted by molar-refractivity contribution is -0.133. The predicted molar refractivity (Wildman–Crippen MR) is 100 cm³/mol. The first-order valence-corrected chi connectivity index (χ1v) is 9.92. The first-order chi connectivity index (χ1) is 13.1. The van der Waals surface area contributed by atoms with E-state index in [-0.39, 0.29) is 17.9 Å². The highest BCUT2D eigenvalue weighted by atomic mass is 32.1. The van der Waals surface area contributed by atoms with Crippen LogP contribution in [0.5, 0.6) is 0 Å². The third-order valence-corrected chi connectivity index (χ3v) is 5.73. The van der Waals surface area contributed by atoms with Crippen molar-refractivity contribution in [3.63, 3.8) is 0 Å². The molecular formula is C18H22N6O2S. The molecule has 8 nitrogen and oxygen atoms in total. The fraction of sp³-hybridized carbons (Fsp3) is 0.500. The van der Waals surface area contributed by atoms with E-state index >= 15 is 0 Å². The van der Waals surface area contributed by atoms with Gasteiger partial charge in [-0.05, 0) is 44.3 Å². The average molecular weight is 386 g/mol. The molecule has 1 aliphatic heterocycles. The van der Waals surface area contributed by atoms with Crippen molar-refractivity contribution in [2.24, 2.45) is 0 Å². The first kappa shape index (κ1) is 17.8. The summed E-state index contributed by atoms with van der Waals surface area (Å²) in [6.45, 7) is 5.36. The zero-order valence-electron chi connectivity index (χ0n) is 15.4. The number of likely N-dealkylation sites (tertiary alicyclic amines) is 1. The molecule has 0 aromatic carbocycles. The van der Waals surface area contributed by atoms with E-state index in [4.69, 9.17) is 4.52 Å². The highest BCUT2D eigenvalue weighted by Crippen LogP contribution is 2.35. The number of piperidine rings is 1. The topological polar surface area (TPSA) is 89.9 Å². The Kier molecular flexibility index (Phi) is 5.02. The molecule has 0 N–H and O–H groups in total. The molecule has 142 valence electrons. The Morgan fingerprint density at radius 1 is 1.48 bits per heavy atom. The summed E-state index contributed by atoms with van der Waals surface area (Å²) in [7, 11) is 0. The van der Waals surface area contributed by atoms with Gasteiger partial charge in [0.25, 0.3) is 0 Å². The van der Waals surface area contributed by atoms with Crippen molar-refractivity contribution in [1.82, 2.24) is 29.4 Å². The van der Waals surface area contributed by atoms with Crippen molar-refractivity contribution in [1.29, 1.82) is 0 Å². The summed E-state index contributed by atoms with van der Waals surface area (Å²) in [6, 6.07) is 3.82. The molecule has 2 atom stereocenters. The van der Waals surface area contributed by atoms with Crippen molar-refractivity contribution in [2.75, 3.05) is 13.1 Å². The number of carbonyl (C=O) groups excluding carboxylic acids is 1. The van der Waals surface area contributed by atoms with Gasteiger partial charge < -0.3 is 9.42 Å². The van der Waals surface area contributed by atoms with Gasteiger partial charge >= 0.3 is 0 Å². The second-order valence-electron chi connectivity index (χ2n) is 7.04. The van der Waals surface area contributed by atoms with Gasteiger partial charge in [-0.2, -0.15) is 5.10 Å². The molecule has 4 heterocycles. The molecule has 0 radical (unpaired) electrons. The molecule has 9 heteroatoms. The quantitative estimate of drug-likeness (QED) is 0.669. The fourth-order valence-corrected chi connectivity index (χ4v) is 4.25. The molecule has 27 heavy (non-hydrogen) atoms. The highest BCUT2D eigenvalue weighted by Gasteiger charge is 2.30. The normalized spacial score (nSPS) is 18.6. The van der Waals surface area contributed by atoms with Gasteiger partial charge in [0.05, 0.1) is 17.4 Å². The SMILES string of the molecule is Cc1cc(-c2snnc2[C@H]2CCCN(C(=O)C[C@@H](C)n3cccn3)C2)on1. The molecule has 3 aromatic heterocycles. The van der Waals surface area contributed by atoms with Crippen LogP contribution in [-0.4, -0.2) is 48.4 Å². The largest absolute Gasteiger partial charge is 0.355 e. The van der Waals surface area contributed by atoms with E-state index < -0.39 is 0 Å². The third-order valence-electron chi connectivity index (χ3n) is 4.97. The van der Waals surface area contributed by atoms with Crippen LogP contribution in [0.4, 0.5) is 0 Å². The Hall–Kier alpha value is -2.55. The maximum atomic E-state index is 12.8. The van der Waals surface area contributed by atoms with Gasteiger partial charge in [0.2, 0.25) is 5.91 Å². The Morgan fingerprint density at radius 2 is 2.37 bits per heavy atom. The van der Waals surface area contributed by atoms with Crippen molar-refractivity contribution < 1.29 is 9.32 Å². The van der Waals surface area contributed by atoms with Crippen molar-refractivity contribution in [2.45, 2.75) is 45.1 Å². The summed E-state index contributed by atoms with van der Waals surface area (Å²) >= 11 is 1.32. The number of nitrogens with zero attached hydrogens (tertiary/aromatic N) is 6. The number of hydrogen-bond acceptors (Lipinski definition) is 7. The summed E-state index contributed by atoms with van der Waals surface area (Å²) in [4.78, 5) is 15.7. The molecule has 0 bridgehead atoms. The lowest BCUT2D eigenvalue weighted by atomic mass is 9.93. The third kappa shape index (κ3) is 3.78. The van der Waals surface area contributed by atoms with Crippen LogP contribution in [-0.2, 0) is 4.79 Å². The molecule has 0 saturated carbocycles. The van der Waals surface area contributed by atoms with Gasteiger partial charge in [0, 0.05) is 43.9 Å². The van der Waals surface area contributed by atoms with Crippen molar-refractivity contribution >= 4 is 17.4 Å². The van der Waals surface area contributed by atoms with Crippen LogP contribution in [0.3, 0.4) is 0 Å². The molecule has 1 aliphatic rings. The van der Waals surface area contributed by atoms with E-state index in [1.54, 1.807) is 6.20 Å². The smallest absolute Gasteiger partial charge is 0.224 e. The van der Waals surface area contributed by atoms with E-state index in [9.17, 15) is 4.79 Å². The minimum Gasteiger partial charge on any atom is -0.355 e. The number of carbonyl (C=O) groups is 1. The Morgan fingerprint density at radius 3 is 3.11 bits per heavy atom. The van der Waals surface area contributed by atoms with E-state index in [0.29, 0.717) is 18.7 Å². The van der Waals surface area contributed by atoms with E-state index in [1.165, 1.54) is 11.5 Å². The standard InChI is InChI=1S/C18H22N6O2S/c1-12-9-15(26-21-12)18-17(20-22-27-18)14-5-3-7-23(11-14)16(25)10-13(2)24-8-4-6-19-24/h4,6,8-9,13-14H,3,5,7,10-11H2,1-2H3/t13-,14+/m1/s1. The molecular weight excluding hydrogens is 364 g/mol. The van der Waals surface area contributed by atoms with E-state index in [0.717, 1.165) is 35.7 Å². The maximum Gasteiger partial charge on any atom is 0.224 e. The Labute approximate surface area is 161 Å². The highest BCUT2D eigenvalue weighted by molar-refractivity contribution is 7.09. The van der Waals surface area contributed by atoms with Gasteiger partial charge in [-0.3, -0.25) is 9.48 Å². The molecule has 1 saturated heterocycles. The van der Waals surface area contributed by atoms with E-state index in [2.05, 4.69) is 19.8 Å². The zero-order chi connectivity index (χ0) is 18.8. The van der Waals surface area contributed by atoms with Gasteiger partial charge in [-0.25, -0.2) is 0 Å². The summed E-state index contributed by atoms with van der Waals surface area (Å²) < 4.78 is 11.3. The van der Waals surface area contributed by atoms with Crippen LogP contribution < -0.4 is 0 Å². The van der Waals surface area contributed by atoms with E-state index in [1.807, 2.05) is 41.8 Å². The van der Waals surface area contributed by atoms with Crippen LogP contribution in [0.1, 0.15) is 49.5 Å². The van der Waals surface area contributed by atoms with Gasteiger partial charge in [-0.1, -0.05) is 9.64 Å². The summed E-state index contributed by atoms with van der Waals surface area (Å²) in [5.41, 5.74) is 1.74. The number of aryl methyl sites for hydroxylation is 1.